The Hall–Kier alpha value is -2.90. The SMILES string of the molecule is CCOC(=O)N1CCC(NC(=O)C(=O)Nc2ccc(C(C)=O)cc2)CC1. The van der Waals surface area contributed by atoms with Gasteiger partial charge in [-0.15, -0.1) is 0 Å². The van der Waals surface area contributed by atoms with Crippen LogP contribution in [-0.4, -0.2) is 54.3 Å². The van der Waals surface area contributed by atoms with Gasteiger partial charge in [0.05, 0.1) is 6.61 Å². The number of anilines is 1. The zero-order valence-electron chi connectivity index (χ0n) is 14.9. The minimum Gasteiger partial charge on any atom is -0.450 e. The van der Waals surface area contributed by atoms with Crippen LogP contribution in [-0.2, 0) is 14.3 Å². The fraction of sp³-hybridized carbons (Fsp3) is 0.444. The molecule has 1 heterocycles. The summed E-state index contributed by atoms with van der Waals surface area (Å²) in [6.45, 7) is 4.46. The summed E-state index contributed by atoms with van der Waals surface area (Å²) in [4.78, 5) is 48.5. The van der Waals surface area contributed by atoms with Crippen LogP contribution in [0, 0.1) is 0 Å². The van der Waals surface area contributed by atoms with Crippen molar-refractivity contribution < 1.29 is 23.9 Å². The van der Waals surface area contributed by atoms with Crippen molar-refractivity contribution in [1.29, 1.82) is 0 Å². The number of carbonyl (C=O) groups is 4. The highest BCUT2D eigenvalue weighted by molar-refractivity contribution is 6.39. The number of carbonyl (C=O) groups excluding carboxylic acids is 4. The lowest BCUT2D eigenvalue weighted by atomic mass is 10.1. The average molecular weight is 361 g/mol. The highest BCUT2D eigenvalue weighted by atomic mass is 16.6. The normalized spacial score (nSPS) is 14.5. The third-order valence-electron chi connectivity index (χ3n) is 4.11. The molecular weight excluding hydrogens is 338 g/mol. The molecule has 1 aliphatic heterocycles. The molecule has 1 aromatic rings. The first-order chi connectivity index (χ1) is 12.4. The van der Waals surface area contributed by atoms with E-state index < -0.39 is 11.8 Å². The maximum Gasteiger partial charge on any atom is 0.409 e. The van der Waals surface area contributed by atoms with E-state index in [1.165, 1.54) is 6.92 Å². The molecule has 0 saturated carbocycles. The average Bonchev–Trinajstić information content (AvgIpc) is 2.63. The number of hydrogen-bond acceptors (Lipinski definition) is 5. The summed E-state index contributed by atoms with van der Waals surface area (Å²) in [6.07, 6.45) is 0.764. The summed E-state index contributed by atoms with van der Waals surface area (Å²) in [6, 6.07) is 6.14. The smallest absolute Gasteiger partial charge is 0.409 e. The first-order valence-corrected chi connectivity index (χ1v) is 8.55. The number of nitrogens with one attached hydrogen (secondary N) is 2. The first-order valence-electron chi connectivity index (χ1n) is 8.55. The summed E-state index contributed by atoms with van der Waals surface area (Å²) < 4.78 is 4.94. The third kappa shape index (κ3) is 5.30. The van der Waals surface area contributed by atoms with Crippen LogP contribution in [0.2, 0.25) is 0 Å². The van der Waals surface area contributed by atoms with Gasteiger partial charge >= 0.3 is 17.9 Å². The molecule has 0 unspecified atom stereocenters. The van der Waals surface area contributed by atoms with Gasteiger partial charge in [0.15, 0.2) is 5.78 Å². The van der Waals surface area contributed by atoms with Crippen LogP contribution in [0.15, 0.2) is 24.3 Å². The summed E-state index contributed by atoms with van der Waals surface area (Å²) in [7, 11) is 0. The second kappa shape index (κ2) is 8.98. The zero-order valence-corrected chi connectivity index (χ0v) is 14.9. The molecule has 0 atom stereocenters. The molecule has 26 heavy (non-hydrogen) atoms. The van der Waals surface area contributed by atoms with Crippen molar-refractivity contribution in [2.45, 2.75) is 32.7 Å². The van der Waals surface area contributed by atoms with E-state index in [9.17, 15) is 19.2 Å². The monoisotopic (exact) mass is 361 g/mol. The van der Waals surface area contributed by atoms with Gasteiger partial charge in [-0.2, -0.15) is 0 Å². The van der Waals surface area contributed by atoms with Crippen LogP contribution in [0.1, 0.15) is 37.0 Å². The second-order valence-corrected chi connectivity index (χ2v) is 6.02. The molecule has 1 fully saturated rings. The van der Waals surface area contributed by atoms with Crippen LogP contribution in [0.4, 0.5) is 10.5 Å². The first kappa shape index (κ1) is 19.4. The predicted molar refractivity (Wildman–Crippen MR) is 94.8 cm³/mol. The Morgan fingerprint density at radius 3 is 2.23 bits per heavy atom. The Morgan fingerprint density at radius 1 is 1.08 bits per heavy atom. The van der Waals surface area contributed by atoms with Crippen molar-refractivity contribution in [2.24, 2.45) is 0 Å². The quantitative estimate of drug-likeness (QED) is 0.626. The van der Waals surface area contributed by atoms with E-state index in [2.05, 4.69) is 10.6 Å². The van der Waals surface area contributed by atoms with E-state index in [1.54, 1.807) is 36.1 Å². The number of nitrogens with zero attached hydrogens (tertiary/aromatic N) is 1. The molecule has 3 amide bonds. The Morgan fingerprint density at radius 2 is 1.69 bits per heavy atom. The van der Waals surface area contributed by atoms with Crippen molar-refractivity contribution in [3.63, 3.8) is 0 Å². The van der Waals surface area contributed by atoms with E-state index in [-0.39, 0.29) is 17.9 Å². The van der Waals surface area contributed by atoms with Crippen LogP contribution in [0.25, 0.3) is 0 Å². The third-order valence-corrected chi connectivity index (χ3v) is 4.11. The lowest BCUT2D eigenvalue weighted by Gasteiger charge is -2.31. The fourth-order valence-electron chi connectivity index (χ4n) is 2.65. The van der Waals surface area contributed by atoms with Gasteiger partial charge in [-0.1, -0.05) is 0 Å². The van der Waals surface area contributed by atoms with Gasteiger partial charge in [0.2, 0.25) is 0 Å². The molecule has 8 heteroatoms. The standard InChI is InChI=1S/C18H23N3O5/c1-3-26-18(25)21-10-8-15(9-11-21)20-17(24)16(23)19-14-6-4-13(5-7-14)12(2)22/h4-7,15H,3,8-11H2,1-2H3,(H,19,23)(H,20,24). The van der Waals surface area contributed by atoms with Crippen LogP contribution < -0.4 is 10.6 Å². The van der Waals surface area contributed by atoms with E-state index in [4.69, 9.17) is 4.74 Å². The van der Waals surface area contributed by atoms with Crippen molar-refractivity contribution in [3.8, 4) is 0 Å². The van der Waals surface area contributed by atoms with Gasteiger partial charge in [0, 0.05) is 30.4 Å². The van der Waals surface area contributed by atoms with Crippen molar-refractivity contribution in [3.05, 3.63) is 29.8 Å². The summed E-state index contributed by atoms with van der Waals surface area (Å²) >= 11 is 0. The molecule has 2 N–H and O–H groups in total. The number of hydrogen-bond donors (Lipinski definition) is 2. The fourth-order valence-corrected chi connectivity index (χ4v) is 2.65. The maximum absolute atomic E-state index is 12.0. The molecule has 1 saturated heterocycles. The topological polar surface area (TPSA) is 105 Å². The molecule has 0 spiro atoms. The number of Topliss-reactive ketones (excluding diaryl/α,β-unsaturated/α-hetero) is 1. The van der Waals surface area contributed by atoms with E-state index >= 15 is 0 Å². The molecule has 1 aromatic carbocycles. The number of piperidine rings is 1. The maximum atomic E-state index is 12.0. The Balaban J connectivity index is 1.80. The minimum atomic E-state index is -0.770. The molecule has 0 aromatic heterocycles. The number of ketones is 1. The summed E-state index contributed by atoms with van der Waals surface area (Å²) in [5.74, 6) is -1.57. The van der Waals surface area contributed by atoms with Gasteiger partial charge in [0.25, 0.3) is 0 Å². The van der Waals surface area contributed by atoms with Gasteiger partial charge in [-0.25, -0.2) is 4.79 Å². The lowest BCUT2D eigenvalue weighted by Crippen LogP contribution is -2.49. The largest absolute Gasteiger partial charge is 0.450 e. The van der Waals surface area contributed by atoms with Gasteiger partial charge in [-0.05, 0) is 51.0 Å². The number of benzene rings is 1. The highest BCUT2D eigenvalue weighted by Crippen LogP contribution is 2.12. The molecule has 0 bridgehead atoms. The Labute approximate surface area is 151 Å². The number of amides is 3. The van der Waals surface area contributed by atoms with Crippen molar-refractivity contribution >= 4 is 29.4 Å². The van der Waals surface area contributed by atoms with Crippen molar-refractivity contribution in [2.75, 3.05) is 25.0 Å². The number of ether oxygens (including phenoxy) is 1. The second-order valence-electron chi connectivity index (χ2n) is 6.02. The van der Waals surface area contributed by atoms with Crippen LogP contribution in [0.3, 0.4) is 0 Å². The van der Waals surface area contributed by atoms with E-state index in [0.29, 0.717) is 43.8 Å². The predicted octanol–water partition coefficient (Wildman–Crippen LogP) is 1.56. The van der Waals surface area contributed by atoms with Gasteiger partial charge in [0.1, 0.15) is 0 Å². The lowest BCUT2D eigenvalue weighted by molar-refractivity contribution is -0.136. The number of likely N-dealkylation sites (tertiary alicyclic amines) is 1. The molecule has 8 nitrogen and oxygen atoms in total. The van der Waals surface area contributed by atoms with Crippen LogP contribution >= 0.6 is 0 Å². The molecule has 1 aliphatic rings. The zero-order chi connectivity index (χ0) is 19.1. The summed E-state index contributed by atoms with van der Waals surface area (Å²) in [5.41, 5.74) is 0.966. The molecule has 2 rings (SSSR count). The van der Waals surface area contributed by atoms with E-state index in [1.807, 2.05) is 0 Å². The van der Waals surface area contributed by atoms with Gasteiger partial charge in [-0.3, -0.25) is 14.4 Å². The van der Waals surface area contributed by atoms with Gasteiger partial charge < -0.3 is 20.3 Å². The minimum absolute atomic E-state index is 0.0743. The molecule has 140 valence electrons. The van der Waals surface area contributed by atoms with E-state index in [0.717, 1.165) is 0 Å². The van der Waals surface area contributed by atoms with Crippen LogP contribution in [0.5, 0.6) is 0 Å². The Bertz CT molecular complexity index is 679. The molecule has 0 aliphatic carbocycles. The molecular formula is C18H23N3O5. The highest BCUT2D eigenvalue weighted by Gasteiger charge is 2.26. The number of rotatable bonds is 4. The molecule has 0 radical (unpaired) electrons. The summed E-state index contributed by atoms with van der Waals surface area (Å²) in [5, 5.41) is 5.17. The van der Waals surface area contributed by atoms with Crippen molar-refractivity contribution in [1.82, 2.24) is 10.2 Å². The Kier molecular flexibility index (Phi) is 6.71.